The van der Waals surface area contributed by atoms with Crippen LogP contribution >= 0.6 is 0 Å². The topological polar surface area (TPSA) is 49.8 Å². The quantitative estimate of drug-likeness (QED) is 0.760. The maximum Gasteiger partial charge on any atom is 0.115 e. The number of hydrazine groups is 1. The lowest BCUT2D eigenvalue weighted by Gasteiger charge is -2.21. The summed E-state index contributed by atoms with van der Waals surface area (Å²) in [6.07, 6.45) is 6.00. The minimum atomic E-state index is 0.757. The number of hydrogen-bond donors (Lipinski definition) is 2. The molecule has 0 unspecified atom stereocenters. The Morgan fingerprint density at radius 1 is 0.739 bits per heavy atom. The molecule has 2 aromatic carbocycles. The molecule has 2 heterocycles. The SMILES string of the molecule is c1ccc(C2=c3ccccc3=C(Cc3cncnc3)NN2)cc1. The molecular weight excluding hydrogens is 284 g/mol. The van der Waals surface area contributed by atoms with E-state index in [0.29, 0.717) is 0 Å². The second-order valence-electron chi connectivity index (χ2n) is 5.44. The van der Waals surface area contributed by atoms with Crippen molar-refractivity contribution in [3.63, 3.8) is 0 Å². The molecule has 0 saturated heterocycles. The monoisotopic (exact) mass is 300 g/mol. The van der Waals surface area contributed by atoms with Crippen molar-refractivity contribution in [1.29, 1.82) is 0 Å². The van der Waals surface area contributed by atoms with Gasteiger partial charge in [-0.15, -0.1) is 0 Å². The Balaban J connectivity index is 1.89. The van der Waals surface area contributed by atoms with Crippen LogP contribution in [0.15, 0.2) is 73.3 Å². The summed E-state index contributed by atoms with van der Waals surface area (Å²) in [6.45, 7) is 0. The largest absolute Gasteiger partial charge is 0.304 e. The van der Waals surface area contributed by atoms with Crippen LogP contribution in [0.3, 0.4) is 0 Å². The average molecular weight is 300 g/mol. The molecule has 0 spiro atoms. The molecule has 0 radical (unpaired) electrons. The summed E-state index contributed by atoms with van der Waals surface area (Å²) >= 11 is 0. The third-order valence-electron chi connectivity index (χ3n) is 3.92. The first kappa shape index (κ1) is 13.5. The molecule has 1 aliphatic heterocycles. The van der Waals surface area contributed by atoms with Gasteiger partial charge in [0, 0.05) is 40.5 Å². The smallest absolute Gasteiger partial charge is 0.115 e. The molecule has 0 aliphatic carbocycles. The number of benzene rings is 2. The van der Waals surface area contributed by atoms with Gasteiger partial charge in [-0.25, -0.2) is 9.97 Å². The van der Waals surface area contributed by atoms with Crippen LogP contribution in [0.25, 0.3) is 11.4 Å². The van der Waals surface area contributed by atoms with Gasteiger partial charge in [-0.3, -0.25) is 5.43 Å². The van der Waals surface area contributed by atoms with Crippen LogP contribution < -0.4 is 21.3 Å². The van der Waals surface area contributed by atoms with Gasteiger partial charge >= 0.3 is 0 Å². The van der Waals surface area contributed by atoms with Gasteiger partial charge in [0.2, 0.25) is 0 Å². The van der Waals surface area contributed by atoms with Crippen LogP contribution in [0, 0.1) is 0 Å². The molecule has 2 N–H and O–H groups in total. The number of fused-ring (bicyclic) bond motifs is 1. The summed E-state index contributed by atoms with van der Waals surface area (Å²) < 4.78 is 0. The van der Waals surface area contributed by atoms with Gasteiger partial charge in [0.25, 0.3) is 0 Å². The van der Waals surface area contributed by atoms with E-state index in [1.54, 1.807) is 6.33 Å². The van der Waals surface area contributed by atoms with Crippen LogP contribution in [0.5, 0.6) is 0 Å². The third-order valence-corrected chi connectivity index (χ3v) is 3.92. The van der Waals surface area contributed by atoms with Crippen LogP contribution in [-0.4, -0.2) is 9.97 Å². The zero-order chi connectivity index (χ0) is 15.5. The number of hydrogen-bond acceptors (Lipinski definition) is 4. The molecule has 1 aliphatic rings. The first-order chi connectivity index (χ1) is 11.4. The predicted octanol–water partition coefficient (Wildman–Crippen LogP) is 1.09. The molecular formula is C19H16N4. The van der Waals surface area contributed by atoms with Crippen LogP contribution in [0.1, 0.15) is 11.1 Å². The second-order valence-corrected chi connectivity index (χ2v) is 5.44. The highest BCUT2D eigenvalue weighted by atomic mass is 15.4. The van der Waals surface area contributed by atoms with Gasteiger partial charge in [-0.2, -0.15) is 0 Å². The van der Waals surface area contributed by atoms with Gasteiger partial charge in [0.15, 0.2) is 0 Å². The van der Waals surface area contributed by atoms with E-state index in [0.717, 1.165) is 28.9 Å². The Kier molecular flexibility index (Phi) is 3.48. The molecule has 0 fully saturated rings. The molecule has 0 amide bonds. The molecule has 0 bridgehead atoms. The van der Waals surface area contributed by atoms with Crippen molar-refractivity contribution in [2.75, 3.05) is 0 Å². The van der Waals surface area contributed by atoms with E-state index in [2.05, 4.69) is 57.2 Å². The van der Waals surface area contributed by atoms with Crippen LogP contribution in [0.4, 0.5) is 0 Å². The highest BCUT2D eigenvalue weighted by Crippen LogP contribution is 2.10. The Bertz CT molecular complexity index is 934. The Morgan fingerprint density at radius 3 is 2.22 bits per heavy atom. The van der Waals surface area contributed by atoms with Crippen molar-refractivity contribution in [2.24, 2.45) is 0 Å². The fraction of sp³-hybridized carbons (Fsp3) is 0.0526. The summed E-state index contributed by atoms with van der Waals surface area (Å²) in [4.78, 5) is 8.18. The Hall–Kier alpha value is -3.14. The fourth-order valence-corrected chi connectivity index (χ4v) is 2.83. The molecule has 4 heteroatoms. The molecule has 3 aromatic rings. The summed E-state index contributed by atoms with van der Waals surface area (Å²) in [5.41, 5.74) is 11.1. The lowest BCUT2D eigenvalue weighted by molar-refractivity contribution is 0.770. The lowest BCUT2D eigenvalue weighted by atomic mass is 10.0. The predicted molar refractivity (Wildman–Crippen MR) is 90.1 cm³/mol. The summed E-state index contributed by atoms with van der Waals surface area (Å²) in [5, 5.41) is 2.40. The Morgan fingerprint density at radius 2 is 1.43 bits per heavy atom. The number of nitrogens with zero attached hydrogens (tertiary/aromatic N) is 2. The van der Waals surface area contributed by atoms with Crippen molar-refractivity contribution in [3.8, 4) is 0 Å². The summed E-state index contributed by atoms with van der Waals surface area (Å²) in [7, 11) is 0. The minimum absolute atomic E-state index is 0.757. The average Bonchev–Trinajstić information content (AvgIpc) is 2.64. The first-order valence-corrected chi connectivity index (χ1v) is 7.56. The summed E-state index contributed by atoms with van der Waals surface area (Å²) in [6, 6.07) is 18.8. The second kappa shape index (κ2) is 5.93. The maximum atomic E-state index is 4.09. The van der Waals surface area contributed by atoms with Gasteiger partial charge < -0.3 is 5.43 Å². The van der Waals surface area contributed by atoms with Crippen molar-refractivity contribution in [2.45, 2.75) is 6.42 Å². The van der Waals surface area contributed by atoms with Gasteiger partial charge in [0.05, 0.1) is 5.70 Å². The zero-order valence-corrected chi connectivity index (χ0v) is 12.5. The highest BCUT2D eigenvalue weighted by molar-refractivity contribution is 5.67. The molecule has 0 atom stereocenters. The zero-order valence-electron chi connectivity index (χ0n) is 12.5. The fourth-order valence-electron chi connectivity index (χ4n) is 2.83. The standard InChI is InChI=1S/C19H16N4/c1-2-6-15(7-3-1)19-17-9-5-4-8-16(17)18(22-23-19)10-14-11-20-13-21-12-14/h1-9,11-13,22-23H,10H2. The van der Waals surface area contributed by atoms with E-state index in [1.165, 1.54) is 10.4 Å². The van der Waals surface area contributed by atoms with Gasteiger partial charge in [0.1, 0.15) is 6.33 Å². The van der Waals surface area contributed by atoms with Crippen molar-refractivity contribution < 1.29 is 0 Å². The van der Waals surface area contributed by atoms with Crippen molar-refractivity contribution in [1.82, 2.24) is 20.8 Å². The van der Waals surface area contributed by atoms with Gasteiger partial charge in [-0.05, 0) is 5.56 Å². The van der Waals surface area contributed by atoms with Crippen molar-refractivity contribution in [3.05, 3.63) is 94.9 Å². The minimum Gasteiger partial charge on any atom is -0.304 e. The molecule has 4 rings (SSSR count). The van der Waals surface area contributed by atoms with E-state index in [1.807, 2.05) is 30.6 Å². The molecule has 112 valence electrons. The molecule has 4 nitrogen and oxygen atoms in total. The molecule has 1 aromatic heterocycles. The number of aromatic nitrogens is 2. The number of rotatable bonds is 3. The molecule has 0 saturated carbocycles. The van der Waals surface area contributed by atoms with Crippen LogP contribution in [0.2, 0.25) is 0 Å². The van der Waals surface area contributed by atoms with E-state index >= 15 is 0 Å². The lowest BCUT2D eigenvalue weighted by Crippen LogP contribution is -2.47. The molecule has 23 heavy (non-hydrogen) atoms. The summed E-state index contributed by atoms with van der Waals surface area (Å²) in [5.74, 6) is 0. The van der Waals surface area contributed by atoms with Crippen LogP contribution in [-0.2, 0) is 6.42 Å². The normalized spacial score (nSPS) is 13.0. The van der Waals surface area contributed by atoms with E-state index in [9.17, 15) is 0 Å². The van der Waals surface area contributed by atoms with E-state index in [4.69, 9.17) is 0 Å². The van der Waals surface area contributed by atoms with E-state index in [-0.39, 0.29) is 0 Å². The highest BCUT2D eigenvalue weighted by Gasteiger charge is 2.11. The van der Waals surface area contributed by atoms with Gasteiger partial charge in [-0.1, -0.05) is 54.6 Å². The van der Waals surface area contributed by atoms with Crippen molar-refractivity contribution >= 4 is 11.4 Å². The third kappa shape index (κ3) is 2.66. The number of nitrogens with one attached hydrogen (secondary N) is 2. The first-order valence-electron chi connectivity index (χ1n) is 7.56. The van der Waals surface area contributed by atoms with E-state index < -0.39 is 0 Å². The maximum absolute atomic E-state index is 4.09. The Labute approximate surface area is 134 Å².